The van der Waals surface area contributed by atoms with Crippen molar-refractivity contribution >= 4 is 0 Å². The van der Waals surface area contributed by atoms with Gasteiger partial charge in [0.05, 0.1) is 11.4 Å². The van der Waals surface area contributed by atoms with Crippen molar-refractivity contribution in [1.29, 1.82) is 0 Å². The molecule has 5 rings (SSSR count). The van der Waals surface area contributed by atoms with Crippen LogP contribution in [0, 0.1) is 0 Å². The molecular formula is C30H30N4. The van der Waals surface area contributed by atoms with Gasteiger partial charge in [-0.3, -0.25) is 0 Å². The first-order valence-electron chi connectivity index (χ1n) is 11.9. The average molecular weight is 447 g/mol. The molecule has 0 aliphatic carbocycles. The first kappa shape index (κ1) is 21.9. The van der Waals surface area contributed by atoms with E-state index in [4.69, 9.17) is 9.97 Å². The molecule has 0 radical (unpaired) electrons. The first-order valence-corrected chi connectivity index (χ1v) is 11.9. The molecule has 0 amide bonds. The minimum absolute atomic E-state index is 0.340. The summed E-state index contributed by atoms with van der Waals surface area (Å²) in [6, 6.07) is 29.2. The number of imidazole rings is 2. The molecule has 2 heterocycles. The molecule has 0 unspecified atom stereocenters. The molecule has 0 fully saturated rings. The zero-order valence-electron chi connectivity index (χ0n) is 20.1. The molecule has 0 aliphatic rings. The van der Waals surface area contributed by atoms with Crippen LogP contribution in [-0.2, 0) is 0 Å². The molecule has 5 aromatic rings. The summed E-state index contributed by atoms with van der Waals surface area (Å²) < 4.78 is 0. The second kappa shape index (κ2) is 9.14. The third-order valence-electron chi connectivity index (χ3n) is 6.12. The molecule has 2 N–H and O–H groups in total. The van der Waals surface area contributed by atoms with Gasteiger partial charge in [-0.05, 0) is 17.9 Å². The van der Waals surface area contributed by atoms with Crippen LogP contribution >= 0.6 is 0 Å². The van der Waals surface area contributed by atoms with Gasteiger partial charge >= 0.3 is 0 Å². The van der Waals surface area contributed by atoms with Crippen molar-refractivity contribution < 1.29 is 0 Å². The number of aromatic nitrogens is 4. The largest absolute Gasteiger partial charge is 0.341 e. The van der Waals surface area contributed by atoms with Gasteiger partial charge in [0.2, 0.25) is 0 Å². The van der Waals surface area contributed by atoms with E-state index in [1.165, 1.54) is 0 Å². The smallest absolute Gasteiger partial charge is 0.138 e. The molecule has 4 nitrogen and oxygen atoms in total. The summed E-state index contributed by atoms with van der Waals surface area (Å²) in [6.07, 6.45) is 0. The van der Waals surface area contributed by atoms with E-state index in [-0.39, 0.29) is 0 Å². The van der Waals surface area contributed by atoms with Gasteiger partial charge in [-0.1, -0.05) is 107 Å². The first-order chi connectivity index (χ1) is 16.5. The molecule has 0 atom stereocenters. The van der Waals surface area contributed by atoms with Gasteiger partial charge in [-0.2, -0.15) is 0 Å². The Morgan fingerprint density at radius 1 is 0.500 bits per heavy atom. The van der Waals surface area contributed by atoms with Gasteiger partial charge in [0.15, 0.2) is 0 Å². The fourth-order valence-electron chi connectivity index (χ4n) is 4.33. The topological polar surface area (TPSA) is 57.4 Å². The van der Waals surface area contributed by atoms with Crippen molar-refractivity contribution in [2.45, 2.75) is 39.5 Å². The van der Waals surface area contributed by atoms with E-state index in [0.29, 0.717) is 11.8 Å². The fourth-order valence-corrected chi connectivity index (χ4v) is 4.33. The summed E-state index contributed by atoms with van der Waals surface area (Å²) in [5.41, 5.74) is 8.69. The van der Waals surface area contributed by atoms with Crippen LogP contribution < -0.4 is 0 Å². The maximum atomic E-state index is 5.02. The third-order valence-corrected chi connectivity index (χ3v) is 6.12. The van der Waals surface area contributed by atoms with E-state index in [1.54, 1.807) is 0 Å². The molecule has 0 spiro atoms. The predicted octanol–water partition coefficient (Wildman–Crippen LogP) is 8.05. The van der Waals surface area contributed by atoms with Crippen LogP contribution in [0.15, 0.2) is 84.9 Å². The Morgan fingerprint density at radius 3 is 1.26 bits per heavy atom. The van der Waals surface area contributed by atoms with Gasteiger partial charge in [0.25, 0.3) is 0 Å². The summed E-state index contributed by atoms with van der Waals surface area (Å²) in [5, 5.41) is 0. The Bertz CT molecular complexity index is 1290. The van der Waals surface area contributed by atoms with Crippen LogP contribution in [0.4, 0.5) is 0 Å². The maximum Gasteiger partial charge on any atom is 0.138 e. The van der Waals surface area contributed by atoms with E-state index >= 15 is 0 Å². The number of H-pyrrole nitrogens is 2. The van der Waals surface area contributed by atoms with Crippen LogP contribution in [0.2, 0.25) is 0 Å². The van der Waals surface area contributed by atoms with Crippen LogP contribution in [0.3, 0.4) is 0 Å². The SMILES string of the molecule is CC(C)c1[nH]c(-c2cccc(-c3nc(-c4ccccc4)c(C(C)C)[nH]3)c2)nc1-c1ccccc1. The van der Waals surface area contributed by atoms with Gasteiger partial charge in [-0.15, -0.1) is 0 Å². The van der Waals surface area contributed by atoms with E-state index in [9.17, 15) is 0 Å². The highest BCUT2D eigenvalue weighted by Gasteiger charge is 2.18. The number of benzene rings is 3. The van der Waals surface area contributed by atoms with Crippen LogP contribution in [-0.4, -0.2) is 19.9 Å². The second-order valence-electron chi connectivity index (χ2n) is 9.32. The summed E-state index contributed by atoms with van der Waals surface area (Å²) in [7, 11) is 0. The molecule has 170 valence electrons. The highest BCUT2D eigenvalue weighted by atomic mass is 15.0. The van der Waals surface area contributed by atoms with Crippen molar-refractivity contribution in [1.82, 2.24) is 19.9 Å². The molecule has 2 aromatic heterocycles. The van der Waals surface area contributed by atoms with Crippen LogP contribution in [0.5, 0.6) is 0 Å². The van der Waals surface area contributed by atoms with Crippen molar-refractivity contribution in [2.24, 2.45) is 0 Å². The number of hydrogen-bond acceptors (Lipinski definition) is 2. The number of hydrogen-bond donors (Lipinski definition) is 2. The molecule has 34 heavy (non-hydrogen) atoms. The van der Waals surface area contributed by atoms with Crippen molar-refractivity contribution in [3.05, 3.63) is 96.3 Å². The molecular weight excluding hydrogens is 416 g/mol. The third kappa shape index (κ3) is 4.19. The molecule has 0 saturated carbocycles. The van der Waals surface area contributed by atoms with Gasteiger partial charge in [0.1, 0.15) is 11.6 Å². The molecule has 0 aliphatic heterocycles. The van der Waals surface area contributed by atoms with Crippen molar-refractivity contribution in [3.8, 4) is 45.3 Å². The summed E-state index contributed by atoms with van der Waals surface area (Å²) >= 11 is 0. The van der Waals surface area contributed by atoms with E-state index in [0.717, 1.165) is 56.7 Å². The summed E-state index contributed by atoms with van der Waals surface area (Å²) in [6.45, 7) is 8.78. The average Bonchev–Trinajstić information content (AvgIpc) is 3.51. The lowest BCUT2D eigenvalue weighted by Crippen LogP contribution is -1.91. The normalized spacial score (nSPS) is 11.5. The lowest BCUT2D eigenvalue weighted by atomic mass is 10.0. The van der Waals surface area contributed by atoms with Gasteiger partial charge in [0, 0.05) is 33.6 Å². The van der Waals surface area contributed by atoms with Crippen LogP contribution in [0.25, 0.3) is 45.3 Å². The molecule has 0 saturated heterocycles. The Labute approximate surface area is 201 Å². The molecule has 3 aromatic carbocycles. The minimum atomic E-state index is 0.340. The van der Waals surface area contributed by atoms with Crippen molar-refractivity contribution in [3.63, 3.8) is 0 Å². The van der Waals surface area contributed by atoms with Gasteiger partial charge in [-0.25, -0.2) is 9.97 Å². The monoisotopic (exact) mass is 446 g/mol. The van der Waals surface area contributed by atoms with Crippen LogP contribution in [0.1, 0.15) is 50.9 Å². The lowest BCUT2D eigenvalue weighted by molar-refractivity contribution is 0.835. The zero-order chi connectivity index (χ0) is 23.7. The Morgan fingerprint density at radius 2 is 0.882 bits per heavy atom. The molecule has 4 heteroatoms. The fraction of sp³-hybridized carbons (Fsp3) is 0.200. The standard InChI is InChI=1S/C30H30N4/c1-19(2)25-27(21-12-7-5-8-13-21)33-29(31-25)23-16-11-17-24(18-23)30-32-26(20(3)4)28(34-30)22-14-9-6-10-15-22/h5-20H,1-4H3,(H,31,33)(H,32,34). The lowest BCUT2D eigenvalue weighted by Gasteiger charge is -2.05. The zero-order valence-corrected chi connectivity index (χ0v) is 20.1. The summed E-state index contributed by atoms with van der Waals surface area (Å²) in [4.78, 5) is 17.2. The predicted molar refractivity (Wildman–Crippen MR) is 141 cm³/mol. The number of aromatic amines is 2. The quantitative estimate of drug-likeness (QED) is 0.277. The minimum Gasteiger partial charge on any atom is -0.341 e. The number of nitrogens with one attached hydrogen (secondary N) is 2. The number of nitrogens with zero attached hydrogens (tertiary/aromatic N) is 2. The highest BCUT2D eigenvalue weighted by molar-refractivity contribution is 5.73. The number of rotatable bonds is 6. The highest BCUT2D eigenvalue weighted by Crippen LogP contribution is 2.34. The molecule has 0 bridgehead atoms. The Balaban J connectivity index is 1.57. The summed E-state index contributed by atoms with van der Waals surface area (Å²) in [5.74, 6) is 2.44. The van der Waals surface area contributed by atoms with E-state index in [1.807, 2.05) is 12.1 Å². The van der Waals surface area contributed by atoms with Gasteiger partial charge < -0.3 is 9.97 Å². The second-order valence-corrected chi connectivity index (χ2v) is 9.32. The van der Waals surface area contributed by atoms with Crippen molar-refractivity contribution in [2.75, 3.05) is 0 Å². The maximum absolute atomic E-state index is 5.02. The van der Waals surface area contributed by atoms with E-state index in [2.05, 4.69) is 110 Å². The van der Waals surface area contributed by atoms with E-state index < -0.39 is 0 Å². The Hall–Kier alpha value is -3.92. The Kier molecular flexibility index (Phi) is 5.89.